The summed E-state index contributed by atoms with van der Waals surface area (Å²) in [6, 6.07) is 7.94. The Balaban J connectivity index is 1.95. The second kappa shape index (κ2) is 8.79. The molecule has 1 fully saturated rings. The highest BCUT2D eigenvalue weighted by atomic mass is 16.6. The highest BCUT2D eigenvalue weighted by Gasteiger charge is 2.46. The van der Waals surface area contributed by atoms with E-state index < -0.39 is 36.1 Å². The normalized spacial score (nSPS) is 22.8. The molecule has 9 nitrogen and oxygen atoms in total. The molecule has 0 saturated carbocycles. The summed E-state index contributed by atoms with van der Waals surface area (Å²) in [7, 11) is 2.92. The van der Waals surface area contributed by atoms with Crippen molar-refractivity contribution in [1.29, 1.82) is 0 Å². The van der Waals surface area contributed by atoms with Crippen molar-refractivity contribution >= 4 is 38.6 Å². The molecule has 4 unspecified atom stereocenters. The van der Waals surface area contributed by atoms with E-state index in [4.69, 9.17) is 18.6 Å². The number of benzene rings is 3. The van der Waals surface area contributed by atoms with Crippen LogP contribution in [-0.4, -0.2) is 59.1 Å². The molecule has 4 N–H and O–H groups in total. The second-order valence-electron chi connectivity index (χ2n) is 8.86. The number of hydrogen-bond acceptors (Lipinski definition) is 9. The van der Waals surface area contributed by atoms with Crippen LogP contribution >= 0.6 is 0 Å². The zero-order valence-corrected chi connectivity index (χ0v) is 19.9. The van der Waals surface area contributed by atoms with Crippen molar-refractivity contribution in [1.82, 2.24) is 0 Å². The lowest BCUT2D eigenvalue weighted by Gasteiger charge is -2.20. The van der Waals surface area contributed by atoms with E-state index in [1.165, 1.54) is 33.3 Å². The van der Waals surface area contributed by atoms with Crippen LogP contribution in [0.15, 0.2) is 46.1 Å². The van der Waals surface area contributed by atoms with Gasteiger partial charge in [0, 0.05) is 16.2 Å². The fraction of sp³-hybridized carbons (Fsp3) is 0.296. The quantitative estimate of drug-likeness (QED) is 0.244. The predicted octanol–water partition coefficient (Wildman–Crippen LogP) is 3.01. The van der Waals surface area contributed by atoms with Gasteiger partial charge in [0.05, 0.1) is 31.1 Å². The zero-order valence-electron chi connectivity index (χ0n) is 19.9. The summed E-state index contributed by atoms with van der Waals surface area (Å²) in [6.07, 6.45) is -4.36. The molecule has 0 radical (unpaired) electrons. The summed E-state index contributed by atoms with van der Waals surface area (Å²) in [5.41, 5.74) is 0.475. The first-order valence-corrected chi connectivity index (χ1v) is 11.3. The SMILES string of the molecule is C=Cc1cc(OC)c2c(c1)c(=O)oc1c2cc(OC)c2c(O)ccc([C@H]3OC(C(C)O)C(O)C3O)c21. The lowest BCUT2D eigenvalue weighted by molar-refractivity contribution is -0.0586. The molecule has 0 amide bonds. The minimum atomic E-state index is -1.39. The van der Waals surface area contributed by atoms with Gasteiger partial charge < -0.3 is 39.1 Å². The van der Waals surface area contributed by atoms with Crippen molar-refractivity contribution < 1.29 is 39.1 Å². The Kier molecular flexibility index (Phi) is 5.88. The third kappa shape index (κ3) is 3.43. The molecule has 3 aromatic carbocycles. The number of aromatic hydroxyl groups is 1. The van der Waals surface area contributed by atoms with Gasteiger partial charge in [-0.15, -0.1) is 0 Å². The second-order valence-corrected chi connectivity index (χ2v) is 8.86. The lowest BCUT2D eigenvalue weighted by Crippen LogP contribution is -2.36. The average molecular weight is 494 g/mol. The third-order valence-electron chi connectivity index (χ3n) is 6.78. The summed E-state index contributed by atoms with van der Waals surface area (Å²) in [5.74, 6) is 0.538. The van der Waals surface area contributed by atoms with Gasteiger partial charge in [-0.2, -0.15) is 0 Å². The number of aliphatic hydroxyl groups excluding tert-OH is 3. The Morgan fingerprint density at radius 1 is 1.00 bits per heavy atom. The standard InChI is InChI=1S/C27H26O9/c1-5-12-8-15-19(17(9-12)33-3)14-10-18(34-4)21-16(29)7-6-13(20(21)25(14)36-27(15)32)26-23(31)22(30)24(35-26)11(2)28/h5-11,22-24,26,28-31H,1H2,2-4H3/t11?,22?,23?,24?,26-/m1/s1. The summed E-state index contributed by atoms with van der Waals surface area (Å²) in [6.45, 7) is 5.21. The van der Waals surface area contributed by atoms with Gasteiger partial charge in [0.1, 0.15) is 47.2 Å². The Hall–Kier alpha value is -3.63. The maximum atomic E-state index is 13.2. The molecule has 9 heteroatoms. The van der Waals surface area contributed by atoms with E-state index in [1.54, 1.807) is 24.3 Å². The minimum absolute atomic E-state index is 0.115. The van der Waals surface area contributed by atoms with Crippen LogP contribution in [0.1, 0.15) is 24.2 Å². The number of fused-ring (bicyclic) bond motifs is 5. The smallest absolute Gasteiger partial charge is 0.344 e. The topological polar surface area (TPSA) is 139 Å². The first-order valence-electron chi connectivity index (χ1n) is 11.3. The molecule has 1 aliphatic rings. The molecule has 188 valence electrons. The number of ether oxygens (including phenoxy) is 3. The van der Waals surface area contributed by atoms with Gasteiger partial charge >= 0.3 is 5.63 Å². The summed E-state index contributed by atoms with van der Waals surface area (Å²) in [5, 5.41) is 43.8. The average Bonchev–Trinajstić information content (AvgIpc) is 3.17. The van der Waals surface area contributed by atoms with Gasteiger partial charge in [-0.05, 0) is 42.3 Å². The molecule has 0 bridgehead atoms. The molecule has 4 aromatic rings. The van der Waals surface area contributed by atoms with Crippen molar-refractivity contribution in [2.24, 2.45) is 0 Å². The van der Waals surface area contributed by atoms with Crippen molar-refractivity contribution in [3.05, 3.63) is 58.5 Å². The first kappa shape index (κ1) is 24.1. The Labute approximate surface area is 205 Å². The van der Waals surface area contributed by atoms with E-state index in [1.807, 2.05) is 0 Å². The molecule has 1 aromatic heterocycles. The van der Waals surface area contributed by atoms with Crippen molar-refractivity contribution in [2.45, 2.75) is 37.4 Å². The molecule has 1 saturated heterocycles. The third-order valence-corrected chi connectivity index (χ3v) is 6.78. The van der Waals surface area contributed by atoms with Crippen LogP contribution in [0, 0.1) is 0 Å². The maximum Gasteiger partial charge on any atom is 0.344 e. The van der Waals surface area contributed by atoms with E-state index >= 15 is 0 Å². The molecule has 1 aliphatic heterocycles. The summed E-state index contributed by atoms with van der Waals surface area (Å²) in [4.78, 5) is 13.2. The van der Waals surface area contributed by atoms with Gasteiger partial charge in [0.2, 0.25) is 0 Å². The van der Waals surface area contributed by atoms with Gasteiger partial charge in [0.25, 0.3) is 0 Å². The maximum absolute atomic E-state index is 13.2. The number of phenols is 1. The van der Waals surface area contributed by atoms with Crippen LogP contribution < -0.4 is 15.1 Å². The molecule has 0 spiro atoms. The van der Waals surface area contributed by atoms with Crippen LogP contribution in [0.3, 0.4) is 0 Å². The van der Waals surface area contributed by atoms with E-state index in [-0.39, 0.29) is 33.2 Å². The van der Waals surface area contributed by atoms with Crippen LogP contribution in [-0.2, 0) is 4.74 Å². The highest BCUT2D eigenvalue weighted by molar-refractivity contribution is 6.19. The Bertz CT molecular complexity index is 1570. The van der Waals surface area contributed by atoms with Crippen molar-refractivity contribution in [3.63, 3.8) is 0 Å². The largest absolute Gasteiger partial charge is 0.507 e. The molecule has 5 rings (SSSR count). The van der Waals surface area contributed by atoms with Crippen LogP contribution in [0.25, 0.3) is 38.6 Å². The number of phenolic OH excluding ortho intramolecular Hbond substituents is 1. The van der Waals surface area contributed by atoms with E-state index in [0.717, 1.165) is 0 Å². The van der Waals surface area contributed by atoms with Crippen molar-refractivity contribution in [2.75, 3.05) is 14.2 Å². The molecular formula is C27H26O9. The highest BCUT2D eigenvalue weighted by Crippen LogP contribution is 2.47. The first-order chi connectivity index (χ1) is 17.2. The molecule has 36 heavy (non-hydrogen) atoms. The van der Waals surface area contributed by atoms with Crippen molar-refractivity contribution in [3.8, 4) is 17.2 Å². The number of aliphatic hydroxyl groups is 3. The Morgan fingerprint density at radius 3 is 2.31 bits per heavy atom. The fourth-order valence-corrected chi connectivity index (χ4v) is 5.06. The van der Waals surface area contributed by atoms with Crippen LogP contribution in [0.2, 0.25) is 0 Å². The monoisotopic (exact) mass is 494 g/mol. The van der Waals surface area contributed by atoms with E-state index in [9.17, 15) is 25.2 Å². The number of methoxy groups -OCH3 is 2. The van der Waals surface area contributed by atoms with Gasteiger partial charge in [-0.1, -0.05) is 18.7 Å². The fourth-order valence-electron chi connectivity index (χ4n) is 5.06. The van der Waals surface area contributed by atoms with Gasteiger partial charge in [-0.25, -0.2) is 4.79 Å². The lowest BCUT2D eigenvalue weighted by atomic mass is 9.92. The predicted molar refractivity (Wildman–Crippen MR) is 134 cm³/mol. The molecular weight excluding hydrogens is 468 g/mol. The summed E-state index contributed by atoms with van der Waals surface area (Å²) >= 11 is 0. The Morgan fingerprint density at radius 2 is 1.69 bits per heavy atom. The number of hydrogen-bond donors (Lipinski definition) is 4. The van der Waals surface area contributed by atoms with Gasteiger partial charge in [-0.3, -0.25) is 0 Å². The van der Waals surface area contributed by atoms with Crippen LogP contribution in [0.4, 0.5) is 0 Å². The molecule has 2 heterocycles. The number of rotatable bonds is 5. The molecule has 0 aliphatic carbocycles. The molecule has 5 atom stereocenters. The summed E-state index contributed by atoms with van der Waals surface area (Å²) < 4.78 is 22.9. The van der Waals surface area contributed by atoms with Gasteiger partial charge in [0.15, 0.2) is 0 Å². The minimum Gasteiger partial charge on any atom is -0.507 e. The van der Waals surface area contributed by atoms with Crippen LogP contribution in [0.5, 0.6) is 17.2 Å². The van der Waals surface area contributed by atoms with E-state index in [0.29, 0.717) is 27.6 Å². The van der Waals surface area contributed by atoms with E-state index in [2.05, 4.69) is 6.58 Å². The zero-order chi connectivity index (χ0) is 25.9.